The summed E-state index contributed by atoms with van der Waals surface area (Å²) in [5.41, 5.74) is 8.76. The molecule has 0 radical (unpaired) electrons. The van der Waals surface area contributed by atoms with Gasteiger partial charge in [-0.3, -0.25) is 13.9 Å². The maximum Gasteiger partial charge on any atom is 0.219 e. The molecule has 3 aromatic rings. The van der Waals surface area contributed by atoms with Crippen LogP contribution in [0.15, 0.2) is 24.3 Å². The zero-order valence-electron chi connectivity index (χ0n) is 18.5. The van der Waals surface area contributed by atoms with Crippen LogP contribution in [0.2, 0.25) is 0 Å². The topological polar surface area (TPSA) is 127 Å². The molecule has 1 fully saturated rings. The minimum atomic E-state index is -2.47. The van der Waals surface area contributed by atoms with Crippen molar-refractivity contribution in [3.05, 3.63) is 30.1 Å². The Labute approximate surface area is 188 Å². The number of imidazole rings is 1. The van der Waals surface area contributed by atoms with Crippen molar-refractivity contribution >= 4 is 44.3 Å². The van der Waals surface area contributed by atoms with Crippen molar-refractivity contribution in [1.82, 2.24) is 19.4 Å². The molecule has 1 amide bonds. The summed E-state index contributed by atoms with van der Waals surface area (Å²) in [5.74, 6) is 1.88. The number of carbonyl (C=O) groups is 1. The Hall–Kier alpha value is -2.40. The van der Waals surface area contributed by atoms with E-state index in [0.717, 1.165) is 41.6 Å². The van der Waals surface area contributed by atoms with Gasteiger partial charge in [-0.1, -0.05) is 18.2 Å². The molecule has 0 spiro atoms. The molecule has 4 N–H and O–H groups in total. The molecule has 32 heavy (non-hydrogen) atoms. The van der Waals surface area contributed by atoms with Crippen molar-refractivity contribution < 1.29 is 18.6 Å². The average molecular weight is 462 g/mol. The van der Waals surface area contributed by atoms with Crippen molar-refractivity contribution in [2.75, 3.05) is 37.5 Å². The van der Waals surface area contributed by atoms with E-state index < -0.39 is 10.6 Å². The van der Waals surface area contributed by atoms with Gasteiger partial charge in [0.2, 0.25) is 5.91 Å². The number of amides is 1. The van der Waals surface area contributed by atoms with Crippen LogP contribution in [0.25, 0.3) is 21.9 Å². The van der Waals surface area contributed by atoms with E-state index in [4.69, 9.17) is 15.5 Å². The van der Waals surface area contributed by atoms with Gasteiger partial charge in [0.25, 0.3) is 0 Å². The summed E-state index contributed by atoms with van der Waals surface area (Å²) in [6.45, 7) is 3.42. The molecule has 1 saturated heterocycles. The second-order valence-electron chi connectivity index (χ2n) is 8.34. The molecule has 2 aromatic heterocycles. The Morgan fingerprint density at radius 1 is 1.28 bits per heavy atom. The number of aryl methyl sites for hydroxylation is 1. The number of methoxy groups -OCH3 is 1. The smallest absolute Gasteiger partial charge is 0.219 e. The van der Waals surface area contributed by atoms with Gasteiger partial charge in [-0.05, 0) is 18.9 Å². The molecular formula is C22H31N5O4S. The zero-order valence-corrected chi connectivity index (χ0v) is 19.3. The first-order chi connectivity index (χ1) is 15.3. The first-order valence-electron chi connectivity index (χ1n) is 10.8. The predicted molar refractivity (Wildman–Crippen MR) is 128 cm³/mol. The summed E-state index contributed by atoms with van der Waals surface area (Å²) in [6, 6.07) is 7.84. The Balaban J connectivity index is 1.54. The number of unbranched alkanes of at least 4 members (excludes halogenated alkanes) is 1. The number of nitrogens with two attached hydrogens (primary N) is 1. The summed E-state index contributed by atoms with van der Waals surface area (Å²) < 4.78 is 26.9. The second kappa shape index (κ2) is 9.22. The number of hydrogen-bond acceptors (Lipinski definition) is 7. The molecule has 0 unspecified atom stereocenters. The Morgan fingerprint density at radius 2 is 2.03 bits per heavy atom. The highest BCUT2D eigenvalue weighted by Crippen LogP contribution is 2.50. The fourth-order valence-corrected chi connectivity index (χ4v) is 5.92. The van der Waals surface area contributed by atoms with E-state index in [1.807, 2.05) is 24.3 Å². The minimum Gasteiger partial charge on any atom is -0.384 e. The van der Waals surface area contributed by atoms with Gasteiger partial charge in [0, 0.05) is 38.9 Å². The molecule has 1 aliphatic rings. The van der Waals surface area contributed by atoms with E-state index in [-0.39, 0.29) is 23.5 Å². The zero-order chi connectivity index (χ0) is 22.9. The third-order valence-electron chi connectivity index (χ3n) is 6.01. The first kappa shape index (κ1) is 22.8. The van der Waals surface area contributed by atoms with E-state index >= 15 is 0 Å². The number of pyridine rings is 1. The summed E-state index contributed by atoms with van der Waals surface area (Å²) in [5, 5.41) is 1.01. The van der Waals surface area contributed by atoms with Crippen LogP contribution in [-0.4, -0.2) is 72.3 Å². The van der Waals surface area contributed by atoms with E-state index in [1.54, 1.807) is 12.0 Å². The fraction of sp³-hybridized carbons (Fsp3) is 0.500. The highest BCUT2D eigenvalue weighted by atomic mass is 32.3. The molecule has 4 rings (SSSR count). The molecule has 1 aromatic carbocycles. The summed E-state index contributed by atoms with van der Waals surface area (Å²) in [4.78, 5) is 23.1. The number of aromatic nitrogens is 3. The van der Waals surface area contributed by atoms with Crippen molar-refractivity contribution in [2.24, 2.45) is 0 Å². The van der Waals surface area contributed by atoms with E-state index in [0.29, 0.717) is 30.9 Å². The SMILES string of the molecule is COCCc1nc2c(N)nc3ccccc3c2n1CCCCN(C(C)=O)C1CS(O)(O)C1. The maximum absolute atomic E-state index is 12.1. The largest absolute Gasteiger partial charge is 0.384 e. The third kappa shape index (κ3) is 4.54. The third-order valence-corrected chi connectivity index (χ3v) is 7.85. The number of nitrogens with zero attached hydrogens (tertiary/aromatic N) is 4. The molecule has 0 atom stereocenters. The van der Waals surface area contributed by atoms with Gasteiger partial charge in [-0.25, -0.2) is 9.97 Å². The van der Waals surface area contributed by atoms with Crippen LogP contribution in [0.3, 0.4) is 0 Å². The summed E-state index contributed by atoms with van der Waals surface area (Å²) >= 11 is 0. The first-order valence-corrected chi connectivity index (χ1v) is 12.7. The number of anilines is 1. The van der Waals surface area contributed by atoms with Crippen LogP contribution in [0, 0.1) is 0 Å². The lowest BCUT2D eigenvalue weighted by Crippen LogP contribution is -2.52. The predicted octanol–water partition coefficient (Wildman–Crippen LogP) is 3.12. The van der Waals surface area contributed by atoms with Gasteiger partial charge in [-0.2, -0.15) is 10.6 Å². The number of nitrogen functional groups attached to an aromatic ring is 1. The highest BCUT2D eigenvalue weighted by Gasteiger charge is 2.38. The van der Waals surface area contributed by atoms with E-state index in [1.165, 1.54) is 6.92 Å². The monoisotopic (exact) mass is 461 g/mol. The molecule has 0 aliphatic carbocycles. The van der Waals surface area contributed by atoms with Gasteiger partial charge in [0.05, 0.1) is 35.2 Å². The molecule has 0 bridgehead atoms. The lowest BCUT2D eigenvalue weighted by atomic mass is 10.1. The standard InChI is InChI=1S/C22H31N5O4S/c1-15(28)26(16-13-32(29,30)14-16)10-5-6-11-27-19(9-12-31-2)25-20-21(27)17-7-3-4-8-18(17)24-22(20)23/h3-4,7-8,16,29-30H,5-6,9-14H2,1-2H3,(H2,23,24). The average Bonchev–Trinajstić information content (AvgIpc) is 3.09. The molecule has 1 aliphatic heterocycles. The number of hydrogen-bond donors (Lipinski definition) is 3. The Bertz CT molecular complexity index is 1120. The number of carbonyl (C=O) groups excluding carboxylic acids is 1. The summed E-state index contributed by atoms with van der Waals surface area (Å²) in [6.07, 6.45) is 2.31. The Morgan fingerprint density at radius 3 is 2.72 bits per heavy atom. The van der Waals surface area contributed by atoms with Gasteiger partial charge in [0.1, 0.15) is 11.3 Å². The van der Waals surface area contributed by atoms with Crippen molar-refractivity contribution in [3.8, 4) is 0 Å². The van der Waals surface area contributed by atoms with Crippen molar-refractivity contribution in [2.45, 2.75) is 38.8 Å². The van der Waals surface area contributed by atoms with E-state index in [2.05, 4.69) is 9.55 Å². The van der Waals surface area contributed by atoms with Gasteiger partial charge in [-0.15, -0.1) is 0 Å². The lowest BCUT2D eigenvalue weighted by Gasteiger charge is -2.51. The lowest BCUT2D eigenvalue weighted by molar-refractivity contribution is -0.130. The van der Waals surface area contributed by atoms with Crippen molar-refractivity contribution in [3.63, 3.8) is 0 Å². The van der Waals surface area contributed by atoms with Crippen LogP contribution < -0.4 is 5.73 Å². The quantitative estimate of drug-likeness (QED) is 0.418. The fourth-order valence-electron chi connectivity index (χ4n) is 4.43. The maximum atomic E-state index is 12.1. The Kier molecular flexibility index (Phi) is 6.57. The second-order valence-corrected chi connectivity index (χ2v) is 10.6. The van der Waals surface area contributed by atoms with Gasteiger partial charge >= 0.3 is 0 Å². The number of para-hydroxylation sites is 1. The van der Waals surface area contributed by atoms with Crippen molar-refractivity contribution in [1.29, 1.82) is 0 Å². The van der Waals surface area contributed by atoms with Crippen LogP contribution in [-0.2, 0) is 22.5 Å². The van der Waals surface area contributed by atoms with E-state index in [9.17, 15) is 13.9 Å². The van der Waals surface area contributed by atoms with Crippen LogP contribution in [0.4, 0.5) is 5.82 Å². The molecule has 0 saturated carbocycles. The molecule has 174 valence electrons. The minimum absolute atomic E-state index is 0.0244. The number of ether oxygens (including phenoxy) is 1. The number of fused-ring (bicyclic) bond motifs is 3. The van der Waals surface area contributed by atoms with Crippen LogP contribution in [0.1, 0.15) is 25.6 Å². The van der Waals surface area contributed by atoms with Gasteiger partial charge < -0.3 is 19.9 Å². The molecular weight excluding hydrogens is 430 g/mol. The normalized spacial score (nSPS) is 16.9. The van der Waals surface area contributed by atoms with Crippen LogP contribution in [0.5, 0.6) is 0 Å². The highest BCUT2D eigenvalue weighted by molar-refractivity contribution is 8.25. The number of rotatable bonds is 9. The number of benzene rings is 1. The molecule has 10 heteroatoms. The van der Waals surface area contributed by atoms with Gasteiger partial charge in [0.15, 0.2) is 5.82 Å². The summed E-state index contributed by atoms with van der Waals surface area (Å²) in [7, 11) is -0.804. The van der Waals surface area contributed by atoms with Crippen LogP contribution >= 0.6 is 10.6 Å². The molecule has 3 heterocycles. The molecule has 9 nitrogen and oxygen atoms in total.